The topological polar surface area (TPSA) is 102 Å². The number of carbonyl (C=O) groups is 1. The van der Waals surface area contributed by atoms with Gasteiger partial charge in [0.1, 0.15) is 24.3 Å². The molecule has 0 bridgehead atoms. The SMILES string of the molecule is COc1ccc(-c2ncnc3cc(N4CCOCC4)ccc23)cc1C1C(=O)Nc2cncnc21. The van der Waals surface area contributed by atoms with Crippen LogP contribution in [0.4, 0.5) is 11.4 Å². The monoisotopic (exact) mass is 454 g/mol. The van der Waals surface area contributed by atoms with Gasteiger partial charge in [-0.15, -0.1) is 0 Å². The minimum atomic E-state index is -0.589. The first-order chi connectivity index (χ1) is 16.7. The number of aromatic nitrogens is 4. The van der Waals surface area contributed by atoms with Crippen molar-refractivity contribution in [2.45, 2.75) is 5.92 Å². The van der Waals surface area contributed by atoms with Crippen LogP contribution in [0.15, 0.2) is 55.2 Å². The van der Waals surface area contributed by atoms with E-state index in [4.69, 9.17) is 9.47 Å². The van der Waals surface area contributed by atoms with Crippen LogP contribution >= 0.6 is 0 Å². The number of anilines is 2. The van der Waals surface area contributed by atoms with Crippen LogP contribution in [0.5, 0.6) is 5.75 Å². The predicted molar refractivity (Wildman–Crippen MR) is 127 cm³/mol. The molecule has 4 heterocycles. The molecule has 0 radical (unpaired) electrons. The van der Waals surface area contributed by atoms with Crippen molar-refractivity contribution < 1.29 is 14.3 Å². The molecule has 0 spiro atoms. The highest BCUT2D eigenvalue weighted by Gasteiger charge is 2.35. The van der Waals surface area contributed by atoms with Crippen molar-refractivity contribution in [1.29, 1.82) is 0 Å². The van der Waals surface area contributed by atoms with Gasteiger partial charge in [0, 0.05) is 35.3 Å². The number of ether oxygens (including phenoxy) is 2. The number of amides is 1. The Kier molecular flexibility index (Phi) is 5.03. The molecule has 0 aliphatic carbocycles. The molecule has 1 N–H and O–H groups in total. The van der Waals surface area contributed by atoms with E-state index >= 15 is 0 Å². The van der Waals surface area contributed by atoms with E-state index < -0.39 is 5.92 Å². The number of hydrogen-bond acceptors (Lipinski definition) is 8. The maximum Gasteiger partial charge on any atom is 0.238 e. The zero-order valence-corrected chi connectivity index (χ0v) is 18.6. The molecule has 2 aromatic carbocycles. The van der Waals surface area contributed by atoms with Crippen LogP contribution in [0, 0.1) is 0 Å². The molecule has 1 atom stereocenters. The van der Waals surface area contributed by atoms with E-state index in [1.54, 1.807) is 19.6 Å². The lowest BCUT2D eigenvalue weighted by Crippen LogP contribution is -2.36. The van der Waals surface area contributed by atoms with Crippen LogP contribution < -0.4 is 15.0 Å². The first-order valence-electron chi connectivity index (χ1n) is 11.1. The molecule has 6 rings (SSSR count). The van der Waals surface area contributed by atoms with Gasteiger partial charge >= 0.3 is 0 Å². The molecule has 4 aromatic rings. The van der Waals surface area contributed by atoms with Crippen molar-refractivity contribution in [2.24, 2.45) is 0 Å². The van der Waals surface area contributed by atoms with Gasteiger partial charge in [0.05, 0.1) is 49.1 Å². The summed E-state index contributed by atoms with van der Waals surface area (Å²) in [4.78, 5) is 32.7. The minimum Gasteiger partial charge on any atom is -0.496 e. The lowest BCUT2D eigenvalue weighted by molar-refractivity contribution is -0.116. The summed E-state index contributed by atoms with van der Waals surface area (Å²) in [5.41, 5.74) is 5.64. The van der Waals surface area contributed by atoms with E-state index in [1.807, 2.05) is 18.2 Å². The Morgan fingerprint density at radius 2 is 1.94 bits per heavy atom. The quantitative estimate of drug-likeness (QED) is 0.502. The van der Waals surface area contributed by atoms with Crippen molar-refractivity contribution in [1.82, 2.24) is 19.9 Å². The van der Waals surface area contributed by atoms with Gasteiger partial charge in [-0.3, -0.25) is 4.79 Å². The number of morpholine rings is 1. The first kappa shape index (κ1) is 20.5. The zero-order valence-electron chi connectivity index (χ0n) is 18.6. The zero-order chi connectivity index (χ0) is 23.1. The minimum absolute atomic E-state index is 0.159. The number of benzene rings is 2. The van der Waals surface area contributed by atoms with Gasteiger partial charge in [-0.25, -0.2) is 19.9 Å². The average molecular weight is 454 g/mol. The third-order valence-corrected chi connectivity index (χ3v) is 6.35. The Morgan fingerprint density at radius 3 is 2.79 bits per heavy atom. The van der Waals surface area contributed by atoms with Gasteiger partial charge in [-0.1, -0.05) is 0 Å². The van der Waals surface area contributed by atoms with E-state index in [9.17, 15) is 4.79 Å². The molecular weight excluding hydrogens is 432 g/mol. The van der Waals surface area contributed by atoms with E-state index in [2.05, 4.69) is 48.4 Å². The average Bonchev–Trinajstić information content (AvgIpc) is 3.23. The molecule has 1 unspecified atom stereocenters. The molecule has 170 valence electrons. The molecular formula is C25H22N6O3. The Labute approximate surface area is 195 Å². The first-order valence-corrected chi connectivity index (χ1v) is 11.1. The molecule has 1 fully saturated rings. The van der Waals surface area contributed by atoms with Gasteiger partial charge in [0.2, 0.25) is 5.91 Å². The highest BCUT2D eigenvalue weighted by Crippen LogP contribution is 2.41. The second kappa shape index (κ2) is 8.35. The lowest BCUT2D eigenvalue weighted by atomic mass is 9.92. The highest BCUT2D eigenvalue weighted by molar-refractivity contribution is 6.05. The Bertz CT molecular complexity index is 1400. The largest absolute Gasteiger partial charge is 0.496 e. The highest BCUT2D eigenvalue weighted by atomic mass is 16.5. The van der Waals surface area contributed by atoms with Gasteiger partial charge in [-0.05, 0) is 36.4 Å². The predicted octanol–water partition coefficient (Wildman–Crippen LogP) is 3.02. The van der Waals surface area contributed by atoms with Crippen LogP contribution in [-0.4, -0.2) is 59.3 Å². The molecule has 1 amide bonds. The summed E-state index contributed by atoms with van der Waals surface area (Å²) >= 11 is 0. The summed E-state index contributed by atoms with van der Waals surface area (Å²) in [6.07, 6.45) is 4.64. The normalized spacial score (nSPS) is 17.5. The smallest absolute Gasteiger partial charge is 0.238 e. The van der Waals surface area contributed by atoms with E-state index in [1.165, 1.54) is 6.33 Å². The number of fused-ring (bicyclic) bond motifs is 2. The van der Waals surface area contributed by atoms with Gasteiger partial charge in [-0.2, -0.15) is 0 Å². The van der Waals surface area contributed by atoms with Gasteiger partial charge in [0.25, 0.3) is 0 Å². The summed E-state index contributed by atoms with van der Waals surface area (Å²) in [5, 5.41) is 3.80. The number of carbonyl (C=O) groups excluding carboxylic acids is 1. The number of nitrogens with one attached hydrogen (secondary N) is 1. The standard InChI is InChI=1S/C25H22N6O3/c1-33-21-5-2-15(10-18(21)22-24-20(30-25(22)32)12-26-13-28-24)23-17-4-3-16(11-19(17)27-14-29-23)31-6-8-34-9-7-31/h2-5,10-14,22H,6-9H2,1H3,(H,30,32). The molecule has 2 aliphatic rings. The fraction of sp³-hybridized carbons (Fsp3) is 0.240. The van der Waals surface area contributed by atoms with Crippen LogP contribution in [0.1, 0.15) is 17.2 Å². The molecule has 0 saturated carbocycles. The summed E-state index contributed by atoms with van der Waals surface area (Å²) in [7, 11) is 1.60. The molecule has 34 heavy (non-hydrogen) atoms. The number of nitrogens with zero attached hydrogens (tertiary/aromatic N) is 5. The van der Waals surface area contributed by atoms with Crippen LogP contribution in [0.3, 0.4) is 0 Å². The molecule has 1 saturated heterocycles. The van der Waals surface area contributed by atoms with Crippen molar-refractivity contribution in [3.8, 4) is 17.0 Å². The third kappa shape index (κ3) is 3.41. The van der Waals surface area contributed by atoms with E-state index in [0.717, 1.165) is 59.7 Å². The summed E-state index contributed by atoms with van der Waals surface area (Å²) in [6, 6.07) is 12.0. The Balaban J connectivity index is 1.44. The van der Waals surface area contributed by atoms with Crippen molar-refractivity contribution in [2.75, 3.05) is 43.6 Å². The lowest BCUT2D eigenvalue weighted by Gasteiger charge is -2.29. The second-order valence-corrected chi connectivity index (χ2v) is 8.22. The second-order valence-electron chi connectivity index (χ2n) is 8.22. The molecule has 9 heteroatoms. The van der Waals surface area contributed by atoms with Crippen molar-refractivity contribution in [3.05, 3.63) is 66.5 Å². The summed E-state index contributed by atoms with van der Waals surface area (Å²) in [6.45, 7) is 3.18. The van der Waals surface area contributed by atoms with Gasteiger partial charge < -0.3 is 19.7 Å². The number of rotatable bonds is 4. The molecule has 9 nitrogen and oxygen atoms in total. The number of methoxy groups -OCH3 is 1. The van der Waals surface area contributed by atoms with E-state index in [-0.39, 0.29) is 5.91 Å². The maximum atomic E-state index is 12.9. The number of hydrogen-bond donors (Lipinski definition) is 1. The molecule has 2 aliphatic heterocycles. The third-order valence-electron chi connectivity index (χ3n) is 6.35. The Morgan fingerprint density at radius 1 is 1.06 bits per heavy atom. The Hall–Kier alpha value is -4.11. The maximum absolute atomic E-state index is 12.9. The van der Waals surface area contributed by atoms with Crippen LogP contribution in [0.2, 0.25) is 0 Å². The fourth-order valence-electron chi connectivity index (χ4n) is 4.68. The summed E-state index contributed by atoms with van der Waals surface area (Å²) < 4.78 is 11.1. The van der Waals surface area contributed by atoms with Crippen molar-refractivity contribution in [3.63, 3.8) is 0 Å². The van der Waals surface area contributed by atoms with E-state index in [0.29, 0.717) is 17.1 Å². The fourth-order valence-corrected chi connectivity index (χ4v) is 4.68. The van der Waals surface area contributed by atoms with Gasteiger partial charge in [0.15, 0.2) is 0 Å². The van der Waals surface area contributed by atoms with Crippen LogP contribution in [-0.2, 0) is 9.53 Å². The van der Waals surface area contributed by atoms with Crippen molar-refractivity contribution >= 4 is 28.2 Å². The van der Waals surface area contributed by atoms with Crippen LogP contribution in [0.25, 0.3) is 22.2 Å². The molecule has 2 aromatic heterocycles. The summed E-state index contributed by atoms with van der Waals surface area (Å²) in [5.74, 6) is -0.133.